The van der Waals surface area contributed by atoms with Gasteiger partial charge in [-0.15, -0.1) is 6.42 Å². The molecule has 0 bridgehead atoms. The molecule has 0 saturated carbocycles. The molecule has 86 valence electrons. The minimum Gasteiger partial charge on any atom is -0.369 e. The number of nitriles is 1. The summed E-state index contributed by atoms with van der Waals surface area (Å²) in [4.78, 5) is 10.2. The summed E-state index contributed by atoms with van der Waals surface area (Å²) in [6.07, 6.45) is 5.31. The van der Waals surface area contributed by atoms with Crippen molar-refractivity contribution in [2.75, 3.05) is 5.32 Å². The maximum absolute atomic E-state index is 10.8. The van der Waals surface area contributed by atoms with E-state index in [0.717, 1.165) is 0 Å². The van der Waals surface area contributed by atoms with Crippen molar-refractivity contribution in [3.8, 4) is 18.4 Å². The summed E-state index contributed by atoms with van der Waals surface area (Å²) in [7, 11) is 0. The zero-order valence-electron chi connectivity index (χ0n) is 9.52. The van der Waals surface area contributed by atoms with Gasteiger partial charge >= 0.3 is 0 Å². The molecule has 1 N–H and O–H groups in total. The van der Waals surface area contributed by atoms with Gasteiger partial charge in [-0.3, -0.25) is 10.1 Å². The largest absolute Gasteiger partial charge is 0.369 e. The van der Waals surface area contributed by atoms with Gasteiger partial charge in [-0.25, -0.2) is 0 Å². The van der Waals surface area contributed by atoms with Crippen LogP contribution in [-0.2, 0) is 0 Å². The topological polar surface area (TPSA) is 79.0 Å². The molecule has 0 fully saturated rings. The van der Waals surface area contributed by atoms with Gasteiger partial charge in [0.15, 0.2) is 0 Å². The second-order valence-electron chi connectivity index (χ2n) is 4.00. The van der Waals surface area contributed by atoms with Gasteiger partial charge in [0.25, 0.3) is 5.69 Å². The second kappa shape index (κ2) is 4.54. The number of nitrogens with one attached hydrogen (secondary N) is 1. The molecule has 0 aromatic heterocycles. The molecule has 0 atom stereocenters. The van der Waals surface area contributed by atoms with E-state index in [1.807, 2.05) is 0 Å². The Labute approximate surface area is 99.2 Å². The Bertz CT molecular complexity index is 536. The molecule has 5 heteroatoms. The molecule has 17 heavy (non-hydrogen) atoms. The van der Waals surface area contributed by atoms with Crippen LogP contribution in [0.4, 0.5) is 11.4 Å². The Hall–Kier alpha value is -2.53. The SMILES string of the molecule is C#CC(C)(C)Nc1ccc(C#N)c([N+](=O)[O-])c1. The summed E-state index contributed by atoms with van der Waals surface area (Å²) in [5.41, 5.74) is -0.301. The molecule has 0 amide bonds. The Kier molecular flexibility index (Phi) is 3.35. The number of nitro groups is 1. The number of anilines is 1. The van der Waals surface area contributed by atoms with E-state index < -0.39 is 10.5 Å². The van der Waals surface area contributed by atoms with E-state index in [4.69, 9.17) is 11.7 Å². The number of terminal acetylenes is 1. The lowest BCUT2D eigenvalue weighted by atomic mass is 10.1. The number of nitrogens with zero attached hydrogens (tertiary/aromatic N) is 2. The number of hydrogen-bond donors (Lipinski definition) is 1. The molecule has 0 aliphatic heterocycles. The van der Waals surface area contributed by atoms with Crippen molar-refractivity contribution in [2.24, 2.45) is 0 Å². The third kappa shape index (κ3) is 2.96. The Morgan fingerprint density at radius 3 is 2.65 bits per heavy atom. The molecule has 5 nitrogen and oxygen atoms in total. The van der Waals surface area contributed by atoms with Crippen LogP contribution >= 0.6 is 0 Å². The lowest BCUT2D eigenvalue weighted by Crippen LogP contribution is -2.28. The maximum atomic E-state index is 10.8. The summed E-state index contributed by atoms with van der Waals surface area (Å²) in [5, 5.41) is 22.4. The van der Waals surface area contributed by atoms with Crippen LogP contribution in [0.1, 0.15) is 19.4 Å². The highest BCUT2D eigenvalue weighted by Crippen LogP contribution is 2.24. The molecule has 0 unspecified atom stereocenters. The number of rotatable bonds is 3. The Morgan fingerprint density at radius 2 is 2.18 bits per heavy atom. The van der Waals surface area contributed by atoms with Crippen LogP contribution in [0.25, 0.3) is 0 Å². The zero-order chi connectivity index (χ0) is 13.1. The average Bonchev–Trinajstić information content (AvgIpc) is 2.28. The predicted octanol–water partition coefficient (Wildman–Crippen LogP) is 2.29. The smallest absolute Gasteiger partial charge is 0.289 e. The lowest BCUT2D eigenvalue weighted by Gasteiger charge is -2.20. The van der Waals surface area contributed by atoms with Crippen LogP contribution in [-0.4, -0.2) is 10.5 Å². The van der Waals surface area contributed by atoms with Crippen molar-refractivity contribution in [2.45, 2.75) is 19.4 Å². The first-order chi connectivity index (χ1) is 7.89. The first-order valence-electron chi connectivity index (χ1n) is 4.84. The lowest BCUT2D eigenvalue weighted by molar-refractivity contribution is -0.385. The Morgan fingerprint density at radius 1 is 1.53 bits per heavy atom. The monoisotopic (exact) mass is 229 g/mol. The fourth-order valence-electron chi connectivity index (χ4n) is 1.25. The zero-order valence-corrected chi connectivity index (χ0v) is 9.52. The van der Waals surface area contributed by atoms with Crippen LogP contribution in [0.15, 0.2) is 18.2 Å². The minimum absolute atomic E-state index is 0.0269. The quantitative estimate of drug-likeness (QED) is 0.490. The fraction of sp³-hybridized carbons (Fsp3) is 0.250. The summed E-state index contributed by atoms with van der Waals surface area (Å²) in [5.74, 6) is 2.52. The van der Waals surface area contributed by atoms with Gasteiger partial charge in [-0.2, -0.15) is 5.26 Å². The van der Waals surface area contributed by atoms with E-state index in [0.29, 0.717) is 5.69 Å². The van der Waals surface area contributed by atoms with E-state index in [1.165, 1.54) is 12.1 Å². The van der Waals surface area contributed by atoms with Gasteiger partial charge in [-0.1, -0.05) is 5.92 Å². The molecule has 1 aromatic carbocycles. The van der Waals surface area contributed by atoms with Crippen molar-refractivity contribution in [3.05, 3.63) is 33.9 Å². The van der Waals surface area contributed by atoms with Crippen LogP contribution in [0.3, 0.4) is 0 Å². The van der Waals surface area contributed by atoms with Gasteiger partial charge in [0.2, 0.25) is 0 Å². The summed E-state index contributed by atoms with van der Waals surface area (Å²) in [6, 6.07) is 6.06. The summed E-state index contributed by atoms with van der Waals surface area (Å²) in [6.45, 7) is 3.55. The van der Waals surface area contributed by atoms with Crippen molar-refractivity contribution < 1.29 is 4.92 Å². The third-order valence-electron chi connectivity index (χ3n) is 2.13. The van der Waals surface area contributed by atoms with Crippen molar-refractivity contribution in [1.29, 1.82) is 5.26 Å². The van der Waals surface area contributed by atoms with E-state index in [1.54, 1.807) is 26.0 Å². The van der Waals surface area contributed by atoms with Gasteiger partial charge in [0.05, 0.1) is 10.5 Å². The molecule has 1 aromatic rings. The molecular weight excluding hydrogens is 218 g/mol. The Balaban J connectivity index is 3.16. The van der Waals surface area contributed by atoms with Crippen LogP contribution in [0.5, 0.6) is 0 Å². The van der Waals surface area contributed by atoms with Crippen LogP contribution in [0.2, 0.25) is 0 Å². The van der Waals surface area contributed by atoms with Crippen molar-refractivity contribution in [3.63, 3.8) is 0 Å². The first-order valence-corrected chi connectivity index (χ1v) is 4.84. The minimum atomic E-state index is -0.609. The number of nitro benzene ring substituents is 1. The number of benzene rings is 1. The van der Waals surface area contributed by atoms with E-state index in [9.17, 15) is 10.1 Å². The highest BCUT2D eigenvalue weighted by atomic mass is 16.6. The molecule has 0 spiro atoms. The molecule has 0 heterocycles. The van der Waals surface area contributed by atoms with Gasteiger partial charge in [0, 0.05) is 11.8 Å². The van der Waals surface area contributed by atoms with Crippen LogP contribution in [0, 0.1) is 33.8 Å². The highest BCUT2D eigenvalue weighted by Gasteiger charge is 2.18. The second-order valence-corrected chi connectivity index (χ2v) is 4.00. The predicted molar refractivity (Wildman–Crippen MR) is 64.3 cm³/mol. The van der Waals surface area contributed by atoms with Gasteiger partial charge < -0.3 is 5.32 Å². The van der Waals surface area contributed by atoms with Gasteiger partial charge in [0.1, 0.15) is 11.6 Å². The third-order valence-corrected chi connectivity index (χ3v) is 2.13. The molecule has 0 radical (unpaired) electrons. The maximum Gasteiger partial charge on any atom is 0.289 e. The normalized spacial score (nSPS) is 10.1. The summed E-state index contributed by atoms with van der Waals surface area (Å²) >= 11 is 0. The molecule has 0 aliphatic rings. The molecule has 0 saturated heterocycles. The van der Waals surface area contributed by atoms with E-state index in [-0.39, 0.29) is 11.3 Å². The van der Waals surface area contributed by atoms with Crippen molar-refractivity contribution in [1.82, 2.24) is 0 Å². The molecular formula is C12H11N3O2. The van der Waals surface area contributed by atoms with Gasteiger partial charge in [-0.05, 0) is 26.0 Å². The first kappa shape index (κ1) is 12.5. The highest BCUT2D eigenvalue weighted by molar-refractivity contribution is 5.60. The molecule has 0 aliphatic carbocycles. The molecule has 1 rings (SSSR count). The van der Waals surface area contributed by atoms with Crippen molar-refractivity contribution >= 4 is 11.4 Å². The standard InChI is InChI=1S/C12H11N3O2/c1-4-12(2,3)14-10-6-5-9(8-13)11(7-10)15(16)17/h1,5-7,14H,2-3H3. The number of hydrogen-bond acceptors (Lipinski definition) is 4. The average molecular weight is 229 g/mol. The fourth-order valence-corrected chi connectivity index (χ4v) is 1.25. The van der Waals surface area contributed by atoms with E-state index >= 15 is 0 Å². The van der Waals surface area contributed by atoms with Crippen LogP contribution < -0.4 is 5.32 Å². The summed E-state index contributed by atoms with van der Waals surface area (Å²) < 4.78 is 0. The van der Waals surface area contributed by atoms with E-state index in [2.05, 4.69) is 11.2 Å².